The van der Waals surface area contributed by atoms with Gasteiger partial charge in [0, 0.05) is 19.5 Å². The zero-order valence-electron chi connectivity index (χ0n) is 11.7. The lowest BCUT2D eigenvalue weighted by atomic mass is 9.76. The standard InChI is InChI=1S/C14H25NO3/c1-10(2)11-4-6-12(7-5-11)14(18)15(3)9-8-13(16)17/h10-12H,4-9H2,1-3H3,(H,16,17). The van der Waals surface area contributed by atoms with Crippen LogP contribution in [0.5, 0.6) is 0 Å². The van der Waals surface area contributed by atoms with Gasteiger partial charge >= 0.3 is 5.97 Å². The van der Waals surface area contributed by atoms with E-state index < -0.39 is 5.97 Å². The minimum atomic E-state index is -0.849. The smallest absolute Gasteiger partial charge is 0.305 e. The zero-order valence-corrected chi connectivity index (χ0v) is 11.7. The van der Waals surface area contributed by atoms with E-state index in [1.807, 2.05) is 0 Å². The molecule has 1 N–H and O–H groups in total. The summed E-state index contributed by atoms with van der Waals surface area (Å²) in [4.78, 5) is 24.2. The molecule has 1 aliphatic rings. The number of rotatable bonds is 5. The Morgan fingerprint density at radius 2 is 1.78 bits per heavy atom. The van der Waals surface area contributed by atoms with E-state index in [1.54, 1.807) is 11.9 Å². The second kappa shape index (κ2) is 6.76. The Morgan fingerprint density at radius 3 is 2.22 bits per heavy atom. The summed E-state index contributed by atoms with van der Waals surface area (Å²) in [6.07, 6.45) is 4.20. The summed E-state index contributed by atoms with van der Waals surface area (Å²) in [5, 5.41) is 8.61. The van der Waals surface area contributed by atoms with Crippen LogP contribution in [-0.2, 0) is 9.59 Å². The van der Waals surface area contributed by atoms with E-state index in [-0.39, 0.29) is 18.2 Å². The summed E-state index contributed by atoms with van der Waals surface area (Å²) in [5.74, 6) is 0.833. The molecule has 0 aromatic carbocycles. The first-order valence-corrected chi connectivity index (χ1v) is 6.88. The molecular formula is C14H25NO3. The zero-order chi connectivity index (χ0) is 13.7. The van der Waals surface area contributed by atoms with Crippen LogP contribution in [-0.4, -0.2) is 35.5 Å². The van der Waals surface area contributed by atoms with Gasteiger partial charge in [-0.25, -0.2) is 0 Å². The Hall–Kier alpha value is -1.06. The average molecular weight is 255 g/mol. The number of nitrogens with zero attached hydrogens (tertiary/aromatic N) is 1. The Bertz CT molecular complexity index is 293. The Kier molecular flexibility index (Phi) is 5.63. The number of hydrogen-bond acceptors (Lipinski definition) is 2. The number of carboxylic acid groups (broad SMARTS) is 1. The van der Waals surface area contributed by atoms with Crippen molar-refractivity contribution in [1.82, 2.24) is 4.90 Å². The van der Waals surface area contributed by atoms with Crippen molar-refractivity contribution in [3.63, 3.8) is 0 Å². The van der Waals surface area contributed by atoms with Crippen molar-refractivity contribution in [2.45, 2.75) is 46.0 Å². The minimum Gasteiger partial charge on any atom is -0.481 e. The van der Waals surface area contributed by atoms with Crippen LogP contribution in [0, 0.1) is 17.8 Å². The average Bonchev–Trinajstić information content (AvgIpc) is 2.35. The highest BCUT2D eigenvalue weighted by atomic mass is 16.4. The van der Waals surface area contributed by atoms with Gasteiger partial charge in [0.05, 0.1) is 6.42 Å². The van der Waals surface area contributed by atoms with Crippen molar-refractivity contribution in [1.29, 1.82) is 0 Å². The van der Waals surface area contributed by atoms with E-state index in [1.165, 1.54) is 0 Å². The lowest BCUT2D eigenvalue weighted by Crippen LogP contribution is -2.36. The first kappa shape index (κ1) is 15.0. The number of hydrogen-bond donors (Lipinski definition) is 1. The highest BCUT2D eigenvalue weighted by Crippen LogP contribution is 2.33. The van der Waals surface area contributed by atoms with Crippen molar-refractivity contribution in [3.05, 3.63) is 0 Å². The lowest BCUT2D eigenvalue weighted by molar-refractivity contribution is -0.139. The van der Waals surface area contributed by atoms with E-state index in [4.69, 9.17) is 5.11 Å². The third-order valence-corrected chi connectivity index (χ3v) is 4.10. The Morgan fingerprint density at radius 1 is 1.22 bits per heavy atom. The van der Waals surface area contributed by atoms with Crippen molar-refractivity contribution in [2.24, 2.45) is 17.8 Å². The van der Waals surface area contributed by atoms with Crippen LogP contribution in [0.3, 0.4) is 0 Å². The van der Waals surface area contributed by atoms with Crippen LogP contribution in [0.2, 0.25) is 0 Å². The molecule has 1 rings (SSSR count). The Balaban J connectivity index is 2.37. The van der Waals surface area contributed by atoms with E-state index in [0.29, 0.717) is 12.5 Å². The summed E-state index contributed by atoms with van der Waals surface area (Å²) in [6.45, 7) is 4.80. The molecule has 1 fully saturated rings. The number of carbonyl (C=O) groups is 2. The monoisotopic (exact) mass is 255 g/mol. The third-order valence-electron chi connectivity index (χ3n) is 4.10. The molecule has 0 unspecified atom stereocenters. The van der Waals surface area contributed by atoms with Crippen LogP contribution >= 0.6 is 0 Å². The third kappa shape index (κ3) is 4.31. The summed E-state index contributed by atoms with van der Waals surface area (Å²) >= 11 is 0. The molecule has 0 bridgehead atoms. The van der Waals surface area contributed by atoms with Gasteiger partial charge < -0.3 is 10.0 Å². The molecule has 1 saturated carbocycles. The summed E-state index contributed by atoms with van der Waals surface area (Å²) in [6, 6.07) is 0. The van der Waals surface area contributed by atoms with E-state index in [0.717, 1.165) is 31.6 Å². The van der Waals surface area contributed by atoms with Gasteiger partial charge in [0.15, 0.2) is 0 Å². The van der Waals surface area contributed by atoms with Crippen LogP contribution in [0.25, 0.3) is 0 Å². The maximum absolute atomic E-state index is 12.1. The van der Waals surface area contributed by atoms with E-state index in [2.05, 4.69) is 13.8 Å². The van der Waals surface area contributed by atoms with Crippen LogP contribution in [0.1, 0.15) is 46.0 Å². The lowest BCUT2D eigenvalue weighted by Gasteiger charge is -2.32. The van der Waals surface area contributed by atoms with Crippen molar-refractivity contribution < 1.29 is 14.7 Å². The number of aliphatic carboxylic acids is 1. The van der Waals surface area contributed by atoms with Crippen molar-refractivity contribution in [3.8, 4) is 0 Å². The molecule has 104 valence electrons. The normalized spacial score (nSPS) is 24.0. The number of amides is 1. The molecule has 0 saturated heterocycles. The molecule has 4 nitrogen and oxygen atoms in total. The van der Waals surface area contributed by atoms with E-state index >= 15 is 0 Å². The molecule has 18 heavy (non-hydrogen) atoms. The molecule has 0 aromatic rings. The predicted octanol–water partition coefficient (Wildman–Crippen LogP) is 2.38. The molecule has 0 atom stereocenters. The first-order chi connectivity index (χ1) is 8.41. The van der Waals surface area contributed by atoms with E-state index in [9.17, 15) is 9.59 Å². The maximum Gasteiger partial charge on any atom is 0.305 e. The fourth-order valence-electron chi connectivity index (χ4n) is 2.72. The first-order valence-electron chi connectivity index (χ1n) is 6.88. The highest BCUT2D eigenvalue weighted by molar-refractivity contribution is 5.79. The van der Waals surface area contributed by atoms with Crippen LogP contribution in [0.4, 0.5) is 0 Å². The fraction of sp³-hybridized carbons (Fsp3) is 0.857. The summed E-state index contributed by atoms with van der Waals surface area (Å²) in [5.41, 5.74) is 0. The van der Waals surface area contributed by atoms with Crippen LogP contribution in [0.15, 0.2) is 0 Å². The molecule has 0 aliphatic heterocycles. The van der Waals surface area contributed by atoms with Gasteiger partial charge in [-0.3, -0.25) is 9.59 Å². The van der Waals surface area contributed by atoms with Crippen molar-refractivity contribution >= 4 is 11.9 Å². The molecule has 0 heterocycles. The molecule has 0 spiro atoms. The molecule has 1 aliphatic carbocycles. The highest BCUT2D eigenvalue weighted by Gasteiger charge is 2.29. The quantitative estimate of drug-likeness (QED) is 0.820. The molecule has 1 amide bonds. The van der Waals surface area contributed by atoms with Gasteiger partial charge in [-0.1, -0.05) is 13.8 Å². The topological polar surface area (TPSA) is 57.6 Å². The van der Waals surface area contributed by atoms with Gasteiger partial charge in [0.25, 0.3) is 0 Å². The predicted molar refractivity (Wildman–Crippen MR) is 70.2 cm³/mol. The molecule has 4 heteroatoms. The van der Waals surface area contributed by atoms with Gasteiger partial charge in [-0.2, -0.15) is 0 Å². The summed E-state index contributed by atoms with van der Waals surface area (Å²) < 4.78 is 0. The fourth-order valence-corrected chi connectivity index (χ4v) is 2.72. The van der Waals surface area contributed by atoms with Gasteiger partial charge in [0.2, 0.25) is 5.91 Å². The maximum atomic E-state index is 12.1. The largest absolute Gasteiger partial charge is 0.481 e. The SMILES string of the molecule is CC(C)C1CCC(C(=O)N(C)CCC(=O)O)CC1. The molecular weight excluding hydrogens is 230 g/mol. The van der Waals surface area contributed by atoms with Gasteiger partial charge in [-0.15, -0.1) is 0 Å². The van der Waals surface area contributed by atoms with Gasteiger partial charge in [-0.05, 0) is 37.5 Å². The van der Waals surface area contributed by atoms with Crippen molar-refractivity contribution in [2.75, 3.05) is 13.6 Å². The number of carbonyl (C=O) groups excluding carboxylic acids is 1. The molecule has 0 aromatic heterocycles. The number of carboxylic acids is 1. The second-order valence-corrected chi connectivity index (χ2v) is 5.76. The Labute approximate surface area is 109 Å². The summed E-state index contributed by atoms with van der Waals surface area (Å²) in [7, 11) is 1.71. The minimum absolute atomic E-state index is 0.0313. The van der Waals surface area contributed by atoms with Crippen LogP contribution < -0.4 is 0 Å². The second-order valence-electron chi connectivity index (χ2n) is 5.76. The molecule has 0 radical (unpaired) electrons. The van der Waals surface area contributed by atoms with Gasteiger partial charge in [0.1, 0.15) is 0 Å².